The van der Waals surface area contributed by atoms with Gasteiger partial charge in [0.2, 0.25) is 0 Å². The van der Waals surface area contributed by atoms with E-state index in [0.29, 0.717) is 13.2 Å². The average molecular weight is 405 g/mol. The Bertz CT molecular complexity index is 293. The van der Waals surface area contributed by atoms with Crippen molar-refractivity contribution in [3.8, 4) is 0 Å². The summed E-state index contributed by atoms with van der Waals surface area (Å²) >= 11 is 1.64. The molecule has 1 atom stereocenters. The van der Waals surface area contributed by atoms with Gasteiger partial charge < -0.3 is 14.6 Å². The second-order valence-electron chi connectivity index (χ2n) is 8.34. The molecule has 4 heteroatoms. The number of hydrogen-bond acceptors (Lipinski definition) is 4. The molecule has 27 heavy (non-hydrogen) atoms. The van der Waals surface area contributed by atoms with Crippen molar-refractivity contribution < 1.29 is 14.6 Å². The molecule has 0 rings (SSSR count). The van der Waals surface area contributed by atoms with Crippen LogP contribution in [0.1, 0.15) is 104 Å². The van der Waals surface area contributed by atoms with E-state index in [1.54, 1.807) is 26.0 Å². The van der Waals surface area contributed by atoms with Gasteiger partial charge in [-0.1, -0.05) is 97.3 Å². The van der Waals surface area contributed by atoms with Crippen LogP contribution in [0.25, 0.3) is 0 Å². The monoisotopic (exact) mass is 404 g/mol. The predicted octanol–water partition coefficient (Wildman–Crippen LogP) is 6.82. The summed E-state index contributed by atoms with van der Waals surface area (Å²) in [6.07, 6.45) is 19.4. The topological polar surface area (TPSA) is 38.7 Å². The van der Waals surface area contributed by atoms with E-state index >= 15 is 0 Å². The Hall–Kier alpha value is 0.230. The fourth-order valence-electron chi connectivity index (χ4n) is 3.54. The highest BCUT2D eigenvalue weighted by molar-refractivity contribution is 7.99. The molecule has 0 radical (unpaired) electrons. The highest BCUT2D eigenvalue weighted by Gasteiger charge is 2.33. The molecule has 0 aromatic heterocycles. The highest BCUT2D eigenvalue weighted by atomic mass is 32.2. The van der Waals surface area contributed by atoms with E-state index in [2.05, 4.69) is 6.92 Å². The summed E-state index contributed by atoms with van der Waals surface area (Å²) in [6, 6.07) is 0. The Morgan fingerprint density at radius 3 is 1.44 bits per heavy atom. The summed E-state index contributed by atoms with van der Waals surface area (Å²) in [5, 5.41) is 10.4. The van der Waals surface area contributed by atoms with Gasteiger partial charge in [0.25, 0.3) is 0 Å². The van der Waals surface area contributed by atoms with Crippen LogP contribution in [0.5, 0.6) is 0 Å². The Labute approximate surface area is 174 Å². The third-order valence-electron chi connectivity index (χ3n) is 5.32. The van der Waals surface area contributed by atoms with Crippen LogP contribution in [0, 0.1) is 5.41 Å². The minimum Gasteiger partial charge on any atom is -0.384 e. The molecule has 0 saturated heterocycles. The van der Waals surface area contributed by atoms with Gasteiger partial charge in [0.05, 0.1) is 13.2 Å². The zero-order valence-electron chi connectivity index (χ0n) is 18.8. The zero-order chi connectivity index (χ0) is 20.2. The summed E-state index contributed by atoms with van der Waals surface area (Å²) < 4.78 is 10.5. The molecule has 0 spiro atoms. The standard InChI is InChI=1S/C23H48O3S/c1-5-6-7-8-9-10-11-12-13-14-15-16-17-18-19-27-22(24)23(2,20-25-3)21-26-4/h22,24H,5-21H2,1-4H3. The van der Waals surface area contributed by atoms with Gasteiger partial charge in [-0.2, -0.15) is 0 Å². The number of thioether (sulfide) groups is 1. The minimum absolute atomic E-state index is 0.329. The molecule has 0 aromatic rings. The normalized spacial score (nSPS) is 13.2. The molecule has 0 heterocycles. The third kappa shape index (κ3) is 15.8. The maximum Gasteiger partial charge on any atom is 0.109 e. The van der Waals surface area contributed by atoms with Gasteiger partial charge in [-0.25, -0.2) is 0 Å². The first-order valence-corrected chi connectivity index (χ1v) is 12.4. The van der Waals surface area contributed by atoms with Crippen molar-refractivity contribution in [2.45, 2.75) is 109 Å². The number of rotatable bonds is 21. The molecule has 0 saturated carbocycles. The van der Waals surface area contributed by atoms with Crippen LogP contribution in [-0.2, 0) is 9.47 Å². The molecule has 0 fully saturated rings. The molecule has 1 unspecified atom stereocenters. The molecular weight excluding hydrogens is 356 g/mol. The van der Waals surface area contributed by atoms with Crippen molar-refractivity contribution in [2.24, 2.45) is 5.41 Å². The van der Waals surface area contributed by atoms with Gasteiger partial charge in [0, 0.05) is 19.6 Å². The number of aliphatic hydroxyl groups excluding tert-OH is 1. The SMILES string of the molecule is CCCCCCCCCCCCCCCCSC(O)C(C)(COC)COC. The largest absolute Gasteiger partial charge is 0.384 e. The number of hydrogen-bond donors (Lipinski definition) is 1. The molecule has 0 amide bonds. The minimum atomic E-state index is -0.431. The van der Waals surface area contributed by atoms with Gasteiger partial charge in [0.1, 0.15) is 5.44 Å². The summed E-state index contributed by atoms with van der Waals surface area (Å²) in [4.78, 5) is 0. The number of aliphatic hydroxyl groups is 1. The van der Waals surface area contributed by atoms with Crippen LogP contribution in [0.4, 0.5) is 0 Å². The smallest absolute Gasteiger partial charge is 0.109 e. The molecule has 0 aliphatic carbocycles. The van der Waals surface area contributed by atoms with Gasteiger partial charge in [-0.15, -0.1) is 11.8 Å². The van der Waals surface area contributed by atoms with E-state index in [-0.39, 0.29) is 5.41 Å². The average Bonchev–Trinajstić information content (AvgIpc) is 2.65. The third-order valence-corrected chi connectivity index (χ3v) is 6.73. The molecule has 0 aliphatic heterocycles. The number of unbranched alkanes of at least 4 members (excludes halogenated alkanes) is 13. The van der Waals surface area contributed by atoms with Crippen LogP contribution < -0.4 is 0 Å². The molecular formula is C23H48O3S. The lowest BCUT2D eigenvalue weighted by atomic mass is 9.94. The molecule has 0 aromatic carbocycles. The van der Waals surface area contributed by atoms with Gasteiger partial charge in [-0.3, -0.25) is 0 Å². The highest BCUT2D eigenvalue weighted by Crippen LogP contribution is 2.31. The fraction of sp³-hybridized carbons (Fsp3) is 1.00. The van der Waals surface area contributed by atoms with Gasteiger partial charge in [-0.05, 0) is 12.2 Å². The number of ether oxygens (including phenoxy) is 2. The molecule has 0 aliphatic rings. The first-order valence-electron chi connectivity index (χ1n) is 11.4. The van der Waals surface area contributed by atoms with Crippen LogP contribution in [0.3, 0.4) is 0 Å². The van der Waals surface area contributed by atoms with Crippen LogP contribution in [0.2, 0.25) is 0 Å². The van der Waals surface area contributed by atoms with Crippen LogP contribution >= 0.6 is 11.8 Å². The van der Waals surface area contributed by atoms with Crippen molar-refractivity contribution in [3.63, 3.8) is 0 Å². The van der Waals surface area contributed by atoms with E-state index in [1.165, 1.54) is 89.9 Å². The second-order valence-corrected chi connectivity index (χ2v) is 9.53. The van der Waals surface area contributed by atoms with Gasteiger partial charge in [0.15, 0.2) is 0 Å². The maximum absolute atomic E-state index is 10.4. The summed E-state index contributed by atoms with van der Waals surface area (Å²) in [6.45, 7) is 5.36. The van der Waals surface area contributed by atoms with Crippen molar-refractivity contribution >= 4 is 11.8 Å². The van der Waals surface area contributed by atoms with Crippen LogP contribution in [-0.4, -0.2) is 43.7 Å². The second kappa shape index (κ2) is 19.5. The van der Waals surface area contributed by atoms with Crippen LogP contribution in [0.15, 0.2) is 0 Å². The Morgan fingerprint density at radius 1 is 0.704 bits per heavy atom. The Morgan fingerprint density at radius 2 is 1.07 bits per heavy atom. The van der Waals surface area contributed by atoms with E-state index in [9.17, 15) is 5.11 Å². The van der Waals surface area contributed by atoms with Crippen molar-refractivity contribution in [3.05, 3.63) is 0 Å². The lowest BCUT2D eigenvalue weighted by Crippen LogP contribution is -2.38. The molecule has 1 N–H and O–H groups in total. The Kier molecular flexibility index (Phi) is 19.7. The lowest BCUT2D eigenvalue weighted by Gasteiger charge is -2.32. The zero-order valence-corrected chi connectivity index (χ0v) is 19.6. The quantitative estimate of drug-likeness (QED) is 0.168. The molecule has 3 nitrogen and oxygen atoms in total. The van der Waals surface area contributed by atoms with E-state index < -0.39 is 5.44 Å². The van der Waals surface area contributed by atoms with E-state index in [4.69, 9.17) is 9.47 Å². The van der Waals surface area contributed by atoms with Gasteiger partial charge >= 0.3 is 0 Å². The first kappa shape index (κ1) is 27.2. The Balaban J connectivity index is 3.41. The summed E-state index contributed by atoms with van der Waals surface area (Å²) in [7, 11) is 3.36. The first-order chi connectivity index (χ1) is 13.1. The summed E-state index contributed by atoms with van der Waals surface area (Å²) in [5.41, 5.74) is -0.760. The fourth-order valence-corrected chi connectivity index (χ4v) is 4.67. The van der Waals surface area contributed by atoms with E-state index in [0.717, 1.165) is 5.75 Å². The maximum atomic E-state index is 10.4. The molecule has 164 valence electrons. The van der Waals surface area contributed by atoms with Crippen molar-refractivity contribution in [1.82, 2.24) is 0 Å². The predicted molar refractivity (Wildman–Crippen MR) is 121 cm³/mol. The van der Waals surface area contributed by atoms with Crippen molar-refractivity contribution in [2.75, 3.05) is 33.2 Å². The number of methoxy groups -OCH3 is 2. The molecule has 0 bridgehead atoms. The van der Waals surface area contributed by atoms with E-state index in [1.807, 2.05) is 6.92 Å². The summed E-state index contributed by atoms with van der Waals surface area (Å²) in [5.74, 6) is 1.02. The van der Waals surface area contributed by atoms with Crippen molar-refractivity contribution in [1.29, 1.82) is 0 Å². The lowest BCUT2D eigenvalue weighted by molar-refractivity contribution is -0.0273.